The van der Waals surface area contributed by atoms with Gasteiger partial charge in [-0.3, -0.25) is 4.79 Å². The van der Waals surface area contributed by atoms with E-state index in [1.165, 1.54) is 5.56 Å². The second-order valence-corrected chi connectivity index (χ2v) is 5.21. The molecule has 1 rings (SSSR count). The Labute approximate surface area is 114 Å². The Balaban J connectivity index is 3.03. The monoisotopic (exact) mass is 430 g/mol. The van der Waals surface area contributed by atoms with Crippen molar-refractivity contribution in [3.05, 3.63) is 32.9 Å². The molecule has 0 saturated heterocycles. The van der Waals surface area contributed by atoms with Gasteiger partial charge in [0, 0.05) is 26.2 Å². The molecular formula is C10H9Br2IO. The Morgan fingerprint density at radius 3 is 2.64 bits per heavy atom. The fourth-order valence-electron chi connectivity index (χ4n) is 1.12. The zero-order valence-electron chi connectivity index (χ0n) is 7.40. The molecule has 76 valence electrons. The summed E-state index contributed by atoms with van der Waals surface area (Å²) in [4.78, 5) is 11.7. The van der Waals surface area contributed by atoms with E-state index in [0.717, 1.165) is 19.8 Å². The standard InChI is InChI=1S/C10H9Br2IO/c11-5-4-9(14)8-3-1-2-7(6-12)10(8)13/h1-3H,4-6H2. The second kappa shape index (κ2) is 6.23. The molecule has 1 nitrogen and oxygen atoms in total. The van der Waals surface area contributed by atoms with E-state index >= 15 is 0 Å². The van der Waals surface area contributed by atoms with Crippen molar-refractivity contribution in [1.82, 2.24) is 0 Å². The highest BCUT2D eigenvalue weighted by Crippen LogP contribution is 2.21. The smallest absolute Gasteiger partial charge is 0.164 e. The number of carbonyl (C=O) groups is 1. The lowest BCUT2D eigenvalue weighted by atomic mass is 10.1. The number of benzene rings is 1. The van der Waals surface area contributed by atoms with Crippen LogP contribution in [0.15, 0.2) is 18.2 Å². The Bertz CT molecular complexity index is 339. The van der Waals surface area contributed by atoms with Crippen LogP contribution >= 0.6 is 54.5 Å². The molecular weight excluding hydrogens is 423 g/mol. The lowest BCUT2D eigenvalue weighted by Crippen LogP contribution is -2.03. The number of ketones is 1. The first kappa shape index (κ1) is 12.6. The van der Waals surface area contributed by atoms with Gasteiger partial charge in [0.1, 0.15) is 0 Å². The summed E-state index contributed by atoms with van der Waals surface area (Å²) in [5, 5.41) is 1.52. The van der Waals surface area contributed by atoms with Crippen molar-refractivity contribution in [3.63, 3.8) is 0 Å². The van der Waals surface area contributed by atoms with Crippen LogP contribution in [0, 0.1) is 3.57 Å². The molecule has 0 N–H and O–H groups in total. The predicted molar refractivity (Wildman–Crippen MR) is 74.5 cm³/mol. The van der Waals surface area contributed by atoms with Crippen LogP contribution in [-0.2, 0) is 5.33 Å². The van der Waals surface area contributed by atoms with Gasteiger partial charge in [0.15, 0.2) is 5.78 Å². The maximum Gasteiger partial charge on any atom is 0.164 e. The summed E-state index contributed by atoms with van der Waals surface area (Å²) in [6.07, 6.45) is 0.557. The van der Waals surface area contributed by atoms with E-state index in [0.29, 0.717) is 6.42 Å². The molecule has 0 spiro atoms. The molecule has 0 amide bonds. The summed E-state index contributed by atoms with van der Waals surface area (Å²) >= 11 is 8.91. The van der Waals surface area contributed by atoms with Crippen LogP contribution in [-0.4, -0.2) is 11.1 Å². The Hall–Kier alpha value is 0.580. The molecule has 0 radical (unpaired) electrons. The Kier molecular flexibility index (Phi) is 5.62. The maximum atomic E-state index is 11.7. The third kappa shape index (κ3) is 3.03. The lowest BCUT2D eigenvalue weighted by Gasteiger charge is -2.06. The quantitative estimate of drug-likeness (QED) is 0.397. The number of hydrogen-bond acceptors (Lipinski definition) is 1. The SMILES string of the molecule is O=C(CCBr)c1cccc(CBr)c1I. The third-order valence-electron chi connectivity index (χ3n) is 1.84. The average Bonchev–Trinajstić information content (AvgIpc) is 2.18. The van der Waals surface area contributed by atoms with Crippen LogP contribution < -0.4 is 0 Å². The fourth-order valence-corrected chi connectivity index (χ4v) is 3.32. The van der Waals surface area contributed by atoms with Gasteiger partial charge < -0.3 is 0 Å². The van der Waals surface area contributed by atoms with Crippen molar-refractivity contribution in [2.24, 2.45) is 0 Å². The highest BCUT2D eigenvalue weighted by molar-refractivity contribution is 14.1. The van der Waals surface area contributed by atoms with Crippen molar-refractivity contribution in [2.75, 3.05) is 5.33 Å². The van der Waals surface area contributed by atoms with Crippen LogP contribution in [0.3, 0.4) is 0 Å². The number of halogens is 3. The minimum atomic E-state index is 0.203. The second-order valence-electron chi connectivity index (χ2n) is 2.77. The van der Waals surface area contributed by atoms with E-state index in [1.54, 1.807) is 0 Å². The predicted octanol–water partition coefficient (Wildman–Crippen LogP) is 4.15. The molecule has 0 atom stereocenters. The Morgan fingerprint density at radius 2 is 2.07 bits per heavy atom. The summed E-state index contributed by atoms with van der Waals surface area (Å²) in [6, 6.07) is 5.85. The minimum absolute atomic E-state index is 0.203. The molecule has 0 unspecified atom stereocenters. The fraction of sp³-hybridized carbons (Fsp3) is 0.300. The van der Waals surface area contributed by atoms with Gasteiger partial charge in [-0.2, -0.15) is 0 Å². The molecule has 4 heteroatoms. The van der Waals surface area contributed by atoms with E-state index in [9.17, 15) is 4.79 Å². The molecule has 0 aromatic heterocycles. The van der Waals surface area contributed by atoms with Gasteiger partial charge >= 0.3 is 0 Å². The molecule has 0 saturated carbocycles. The topological polar surface area (TPSA) is 17.1 Å². The summed E-state index contributed by atoms with van der Waals surface area (Å²) < 4.78 is 1.06. The van der Waals surface area contributed by atoms with Gasteiger partial charge in [-0.25, -0.2) is 0 Å². The summed E-state index contributed by atoms with van der Waals surface area (Å²) in [6.45, 7) is 0. The maximum absolute atomic E-state index is 11.7. The van der Waals surface area contributed by atoms with Gasteiger partial charge in [0.05, 0.1) is 0 Å². The number of Topliss-reactive ketones (excluding diaryl/α,β-unsaturated/α-hetero) is 1. The van der Waals surface area contributed by atoms with Crippen LogP contribution in [0.1, 0.15) is 22.3 Å². The molecule has 0 heterocycles. The van der Waals surface area contributed by atoms with E-state index in [4.69, 9.17) is 0 Å². The van der Waals surface area contributed by atoms with Gasteiger partial charge in [-0.05, 0) is 28.2 Å². The molecule has 1 aromatic carbocycles. The average molecular weight is 432 g/mol. The highest BCUT2D eigenvalue weighted by Gasteiger charge is 2.11. The first-order valence-corrected chi connectivity index (χ1v) is 7.45. The van der Waals surface area contributed by atoms with Gasteiger partial charge in [-0.15, -0.1) is 0 Å². The summed E-state index contributed by atoms with van der Waals surface area (Å²) in [7, 11) is 0. The normalized spacial score (nSPS) is 10.2. The summed E-state index contributed by atoms with van der Waals surface area (Å²) in [5.41, 5.74) is 2.01. The van der Waals surface area contributed by atoms with Crippen molar-refractivity contribution >= 4 is 60.2 Å². The van der Waals surface area contributed by atoms with Crippen molar-refractivity contribution < 1.29 is 4.79 Å². The number of hydrogen-bond donors (Lipinski definition) is 0. The molecule has 14 heavy (non-hydrogen) atoms. The summed E-state index contributed by atoms with van der Waals surface area (Å²) in [5.74, 6) is 0.203. The van der Waals surface area contributed by atoms with Crippen LogP contribution in [0.25, 0.3) is 0 Å². The first-order chi connectivity index (χ1) is 6.70. The highest BCUT2D eigenvalue weighted by atomic mass is 127. The van der Waals surface area contributed by atoms with Gasteiger partial charge in [0.25, 0.3) is 0 Å². The van der Waals surface area contributed by atoms with Crippen molar-refractivity contribution in [3.8, 4) is 0 Å². The molecule has 0 bridgehead atoms. The largest absolute Gasteiger partial charge is 0.294 e. The third-order valence-corrected chi connectivity index (χ3v) is 4.12. The van der Waals surface area contributed by atoms with E-state index in [2.05, 4.69) is 54.5 Å². The number of rotatable bonds is 4. The molecule has 0 fully saturated rings. The Morgan fingerprint density at radius 1 is 1.36 bits per heavy atom. The lowest BCUT2D eigenvalue weighted by molar-refractivity contribution is 0.0989. The number of carbonyl (C=O) groups excluding carboxylic acids is 1. The molecule has 0 aliphatic carbocycles. The zero-order chi connectivity index (χ0) is 10.6. The first-order valence-electron chi connectivity index (χ1n) is 4.13. The van der Waals surface area contributed by atoms with Gasteiger partial charge in [-0.1, -0.05) is 50.1 Å². The van der Waals surface area contributed by atoms with Crippen LogP contribution in [0.5, 0.6) is 0 Å². The van der Waals surface area contributed by atoms with E-state index in [-0.39, 0.29) is 5.78 Å². The van der Waals surface area contributed by atoms with Gasteiger partial charge in [0.2, 0.25) is 0 Å². The van der Waals surface area contributed by atoms with Crippen LogP contribution in [0.2, 0.25) is 0 Å². The zero-order valence-corrected chi connectivity index (χ0v) is 12.7. The van der Waals surface area contributed by atoms with E-state index in [1.807, 2.05) is 18.2 Å². The van der Waals surface area contributed by atoms with Crippen molar-refractivity contribution in [2.45, 2.75) is 11.8 Å². The molecule has 0 aliphatic rings. The van der Waals surface area contributed by atoms with E-state index < -0.39 is 0 Å². The van der Waals surface area contributed by atoms with Crippen molar-refractivity contribution in [1.29, 1.82) is 0 Å². The minimum Gasteiger partial charge on any atom is -0.294 e. The molecule has 1 aromatic rings. The molecule has 0 aliphatic heterocycles. The number of alkyl halides is 2. The van der Waals surface area contributed by atoms with Crippen LogP contribution in [0.4, 0.5) is 0 Å².